The smallest absolute Gasteiger partial charge is 0.142 e. The lowest BCUT2D eigenvalue weighted by Gasteiger charge is -2.22. The Balaban J connectivity index is 1.99. The highest BCUT2D eigenvalue weighted by molar-refractivity contribution is 6.31. The standard InChI is InChI=1S/C16H23ClFNO/c1-2-8-19-13(11-14-6-4-9-20-14)10-12-5-3-7-15(18)16(12)17/h3,5,7,13-14,19H,2,4,6,8-11H2,1H3. The van der Waals surface area contributed by atoms with Crippen molar-refractivity contribution in [1.82, 2.24) is 5.32 Å². The quantitative estimate of drug-likeness (QED) is 0.823. The van der Waals surface area contributed by atoms with E-state index in [1.807, 2.05) is 6.07 Å². The normalized spacial score (nSPS) is 20.2. The number of hydrogen-bond donors (Lipinski definition) is 1. The molecule has 2 rings (SSSR count). The van der Waals surface area contributed by atoms with Crippen molar-refractivity contribution in [2.24, 2.45) is 0 Å². The van der Waals surface area contributed by atoms with Gasteiger partial charge in [-0.05, 0) is 50.3 Å². The summed E-state index contributed by atoms with van der Waals surface area (Å²) in [6.45, 7) is 3.97. The molecule has 1 heterocycles. The predicted octanol–water partition coefficient (Wildman–Crippen LogP) is 3.96. The van der Waals surface area contributed by atoms with Crippen molar-refractivity contribution in [3.8, 4) is 0 Å². The third kappa shape index (κ3) is 4.44. The van der Waals surface area contributed by atoms with E-state index in [1.54, 1.807) is 6.07 Å². The Morgan fingerprint density at radius 1 is 1.50 bits per heavy atom. The molecule has 0 spiro atoms. The number of hydrogen-bond acceptors (Lipinski definition) is 2. The predicted molar refractivity (Wildman–Crippen MR) is 80.8 cm³/mol. The van der Waals surface area contributed by atoms with Crippen LogP contribution in [0.4, 0.5) is 4.39 Å². The van der Waals surface area contributed by atoms with Gasteiger partial charge in [-0.15, -0.1) is 0 Å². The van der Waals surface area contributed by atoms with E-state index < -0.39 is 0 Å². The lowest BCUT2D eigenvalue weighted by Crippen LogP contribution is -2.35. The van der Waals surface area contributed by atoms with Crippen LogP contribution in [0.2, 0.25) is 5.02 Å². The molecule has 2 nitrogen and oxygen atoms in total. The van der Waals surface area contributed by atoms with Crippen LogP contribution in [-0.2, 0) is 11.2 Å². The maximum atomic E-state index is 13.5. The third-order valence-corrected chi connectivity index (χ3v) is 4.18. The molecule has 0 radical (unpaired) electrons. The largest absolute Gasteiger partial charge is 0.378 e. The Morgan fingerprint density at radius 2 is 2.35 bits per heavy atom. The van der Waals surface area contributed by atoms with Crippen LogP contribution >= 0.6 is 11.6 Å². The van der Waals surface area contributed by atoms with Crippen molar-refractivity contribution in [1.29, 1.82) is 0 Å². The lowest BCUT2D eigenvalue weighted by molar-refractivity contribution is 0.0946. The summed E-state index contributed by atoms with van der Waals surface area (Å²) < 4.78 is 19.2. The van der Waals surface area contributed by atoms with Gasteiger partial charge in [-0.2, -0.15) is 0 Å². The molecule has 1 aromatic rings. The van der Waals surface area contributed by atoms with E-state index in [1.165, 1.54) is 6.07 Å². The van der Waals surface area contributed by atoms with Crippen molar-refractivity contribution in [3.63, 3.8) is 0 Å². The summed E-state index contributed by atoms with van der Waals surface area (Å²) in [5.74, 6) is -0.337. The minimum Gasteiger partial charge on any atom is -0.378 e. The third-order valence-electron chi connectivity index (χ3n) is 3.75. The Hall–Kier alpha value is -0.640. The fraction of sp³-hybridized carbons (Fsp3) is 0.625. The van der Waals surface area contributed by atoms with Crippen molar-refractivity contribution in [3.05, 3.63) is 34.6 Å². The number of rotatable bonds is 7. The first kappa shape index (κ1) is 15.7. The van der Waals surface area contributed by atoms with E-state index in [0.717, 1.165) is 50.8 Å². The average molecular weight is 300 g/mol. The molecule has 0 amide bonds. The summed E-state index contributed by atoms with van der Waals surface area (Å²) >= 11 is 6.05. The van der Waals surface area contributed by atoms with Crippen LogP contribution in [0.3, 0.4) is 0 Å². The number of nitrogens with one attached hydrogen (secondary N) is 1. The first-order valence-electron chi connectivity index (χ1n) is 7.48. The number of benzene rings is 1. The maximum Gasteiger partial charge on any atom is 0.142 e. The number of ether oxygens (including phenoxy) is 1. The topological polar surface area (TPSA) is 21.3 Å². The summed E-state index contributed by atoms with van der Waals surface area (Å²) in [4.78, 5) is 0. The Labute approximate surface area is 125 Å². The van der Waals surface area contributed by atoms with Gasteiger partial charge in [0, 0.05) is 12.6 Å². The Kier molecular flexibility index (Phi) is 6.27. The molecule has 0 bridgehead atoms. The second-order valence-electron chi connectivity index (χ2n) is 5.44. The van der Waals surface area contributed by atoms with Crippen LogP contribution in [0.5, 0.6) is 0 Å². The molecule has 2 unspecified atom stereocenters. The van der Waals surface area contributed by atoms with Gasteiger partial charge in [0.15, 0.2) is 0 Å². The molecule has 20 heavy (non-hydrogen) atoms. The van der Waals surface area contributed by atoms with Gasteiger partial charge in [0.05, 0.1) is 11.1 Å². The molecule has 112 valence electrons. The molecular formula is C16H23ClFNO. The first-order chi connectivity index (χ1) is 9.70. The number of halogens is 2. The van der Waals surface area contributed by atoms with E-state index in [2.05, 4.69) is 12.2 Å². The molecule has 1 aliphatic rings. The Bertz CT molecular complexity index is 421. The summed E-state index contributed by atoms with van der Waals surface area (Å²) in [7, 11) is 0. The average Bonchev–Trinajstić information content (AvgIpc) is 2.94. The van der Waals surface area contributed by atoms with Gasteiger partial charge in [0.2, 0.25) is 0 Å². The van der Waals surface area contributed by atoms with E-state index in [-0.39, 0.29) is 16.9 Å². The SMILES string of the molecule is CCCNC(Cc1cccc(F)c1Cl)CC1CCCO1. The van der Waals surface area contributed by atoms with E-state index in [4.69, 9.17) is 16.3 Å². The summed E-state index contributed by atoms with van der Waals surface area (Å²) in [5.41, 5.74) is 0.873. The van der Waals surface area contributed by atoms with Crippen LogP contribution in [0.15, 0.2) is 18.2 Å². The van der Waals surface area contributed by atoms with Gasteiger partial charge in [0.1, 0.15) is 5.82 Å². The zero-order chi connectivity index (χ0) is 14.4. The van der Waals surface area contributed by atoms with Crippen molar-refractivity contribution < 1.29 is 9.13 Å². The molecule has 1 fully saturated rings. The Morgan fingerprint density at radius 3 is 3.05 bits per heavy atom. The van der Waals surface area contributed by atoms with Crippen LogP contribution in [0.25, 0.3) is 0 Å². The van der Waals surface area contributed by atoms with E-state index in [0.29, 0.717) is 6.10 Å². The summed E-state index contributed by atoms with van der Waals surface area (Å²) in [5, 5.41) is 3.78. The fourth-order valence-corrected chi connectivity index (χ4v) is 2.91. The highest BCUT2D eigenvalue weighted by atomic mass is 35.5. The van der Waals surface area contributed by atoms with Crippen molar-refractivity contribution in [2.45, 2.75) is 51.2 Å². The molecule has 4 heteroatoms. The molecule has 1 N–H and O–H groups in total. The monoisotopic (exact) mass is 299 g/mol. The zero-order valence-electron chi connectivity index (χ0n) is 12.0. The molecule has 0 aromatic heterocycles. The second-order valence-corrected chi connectivity index (χ2v) is 5.82. The lowest BCUT2D eigenvalue weighted by atomic mass is 9.99. The molecule has 0 saturated carbocycles. The second kappa shape index (κ2) is 7.96. The zero-order valence-corrected chi connectivity index (χ0v) is 12.8. The van der Waals surface area contributed by atoms with Gasteiger partial charge in [0.25, 0.3) is 0 Å². The minimum atomic E-state index is -0.337. The summed E-state index contributed by atoms with van der Waals surface area (Å²) in [6, 6.07) is 5.32. The van der Waals surface area contributed by atoms with E-state index >= 15 is 0 Å². The van der Waals surface area contributed by atoms with Crippen LogP contribution in [0.1, 0.15) is 38.2 Å². The van der Waals surface area contributed by atoms with E-state index in [9.17, 15) is 4.39 Å². The minimum absolute atomic E-state index is 0.253. The van der Waals surface area contributed by atoms with Crippen molar-refractivity contribution in [2.75, 3.05) is 13.2 Å². The van der Waals surface area contributed by atoms with Crippen LogP contribution < -0.4 is 5.32 Å². The molecule has 1 saturated heterocycles. The van der Waals surface area contributed by atoms with Crippen LogP contribution in [-0.4, -0.2) is 25.3 Å². The van der Waals surface area contributed by atoms with Gasteiger partial charge in [-0.3, -0.25) is 0 Å². The maximum absolute atomic E-state index is 13.5. The van der Waals surface area contributed by atoms with Gasteiger partial charge in [-0.25, -0.2) is 4.39 Å². The fourth-order valence-electron chi connectivity index (χ4n) is 2.71. The first-order valence-corrected chi connectivity index (χ1v) is 7.86. The van der Waals surface area contributed by atoms with Gasteiger partial charge < -0.3 is 10.1 Å². The summed E-state index contributed by atoms with van der Waals surface area (Å²) in [6.07, 6.45) is 5.40. The molecule has 1 aliphatic heterocycles. The molecule has 1 aromatic carbocycles. The molecule has 0 aliphatic carbocycles. The molecular weight excluding hydrogens is 277 g/mol. The molecule has 2 atom stereocenters. The highest BCUT2D eigenvalue weighted by Crippen LogP contribution is 2.24. The van der Waals surface area contributed by atoms with Gasteiger partial charge in [-0.1, -0.05) is 30.7 Å². The highest BCUT2D eigenvalue weighted by Gasteiger charge is 2.21. The van der Waals surface area contributed by atoms with Gasteiger partial charge >= 0.3 is 0 Å². The van der Waals surface area contributed by atoms with Crippen molar-refractivity contribution >= 4 is 11.6 Å². The van der Waals surface area contributed by atoms with Crippen LogP contribution in [0, 0.1) is 5.82 Å².